The molecule has 1 fully saturated rings. The van der Waals surface area contributed by atoms with Crippen LogP contribution in [-0.2, 0) is 24.0 Å². The molecule has 7 N–H and O–H groups in total. The number of ether oxygens (including phenoxy) is 1. The molecular weight excluding hydrogens is 594 g/mol. The van der Waals surface area contributed by atoms with E-state index >= 15 is 0 Å². The first-order chi connectivity index (χ1) is 21.9. The van der Waals surface area contributed by atoms with Gasteiger partial charge in [0, 0.05) is 13.0 Å². The summed E-state index contributed by atoms with van der Waals surface area (Å²) in [6.07, 6.45) is 3.20. The Morgan fingerprint density at radius 3 is 2.41 bits per heavy atom. The van der Waals surface area contributed by atoms with Crippen LogP contribution in [0.1, 0.15) is 76.1 Å². The molecule has 14 heteroatoms. The number of carbonyl (C=O) groups is 6. The fraction of sp³-hybridized carbons (Fsp3) is 0.625. The lowest BCUT2D eigenvalue weighted by Crippen LogP contribution is -2.57. The minimum atomic E-state index is -1.28. The number of amides is 6. The van der Waals surface area contributed by atoms with Crippen LogP contribution in [0.3, 0.4) is 0 Å². The number of hydrogen-bond donors (Lipinski definition) is 6. The van der Waals surface area contributed by atoms with Crippen LogP contribution in [-0.4, -0.2) is 97.3 Å². The molecule has 2 aliphatic heterocycles. The topological polar surface area (TPSA) is 201 Å². The molecule has 0 unspecified atom stereocenters. The highest BCUT2D eigenvalue weighted by atomic mass is 16.5. The number of benzene rings is 1. The van der Waals surface area contributed by atoms with Gasteiger partial charge >= 0.3 is 0 Å². The van der Waals surface area contributed by atoms with Gasteiger partial charge in [0.05, 0.1) is 18.0 Å². The van der Waals surface area contributed by atoms with E-state index in [4.69, 9.17) is 10.5 Å². The zero-order valence-corrected chi connectivity index (χ0v) is 27.1. The predicted molar refractivity (Wildman–Crippen MR) is 170 cm³/mol. The highest BCUT2D eigenvalue weighted by Crippen LogP contribution is 2.19. The van der Waals surface area contributed by atoms with E-state index in [-0.39, 0.29) is 36.7 Å². The van der Waals surface area contributed by atoms with E-state index in [2.05, 4.69) is 31.5 Å². The molecular formula is C32H49N7O7. The van der Waals surface area contributed by atoms with E-state index in [9.17, 15) is 28.8 Å². The van der Waals surface area contributed by atoms with Gasteiger partial charge in [-0.2, -0.15) is 0 Å². The number of hydrogen-bond acceptors (Lipinski definition) is 8. The second-order valence-corrected chi connectivity index (χ2v) is 12.3. The standard InChI is InChI=1S/C32H49N7O7/c1-20(2)28-32(45)35-21(3)19-46-25-11-5-4-10-22(25)29(42)37-24(30(43)34-14-6-7-15-39-16-8-9-17-39)18-27(41)36-23(31(44)38-28)12-13-26(33)40/h4-5,10-11,20-21,23-24,28H,6-9,12-19H2,1-3H3,(H2,33,40)(H,34,43)(H,35,45)(H,36,41)(H,37,42)(H,38,44)/t21-,23-,24-,28+/m0/s1. The molecule has 0 radical (unpaired) electrons. The first kappa shape index (κ1) is 36.3. The molecule has 0 spiro atoms. The van der Waals surface area contributed by atoms with Crippen molar-refractivity contribution in [3.05, 3.63) is 29.8 Å². The number of nitrogens with one attached hydrogen (secondary N) is 5. The molecule has 0 saturated carbocycles. The van der Waals surface area contributed by atoms with Crippen LogP contribution in [0.2, 0.25) is 0 Å². The highest BCUT2D eigenvalue weighted by Gasteiger charge is 2.32. The summed E-state index contributed by atoms with van der Waals surface area (Å²) in [4.78, 5) is 80.5. The first-order valence-corrected chi connectivity index (χ1v) is 16.2. The zero-order chi connectivity index (χ0) is 33.6. The van der Waals surface area contributed by atoms with E-state index in [1.807, 2.05) is 0 Å². The fourth-order valence-electron chi connectivity index (χ4n) is 5.40. The minimum Gasteiger partial charge on any atom is -0.491 e. The number of nitrogens with two attached hydrogens (primary N) is 1. The van der Waals surface area contributed by atoms with Gasteiger partial charge in [0.25, 0.3) is 5.91 Å². The molecule has 46 heavy (non-hydrogen) atoms. The van der Waals surface area contributed by atoms with Gasteiger partial charge in [-0.05, 0) is 76.7 Å². The summed E-state index contributed by atoms with van der Waals surface area (Å²) in [5.74, 6) is -3.82. The van der Waals surface area contributed by atoms with Crippen LogP contribution in [0.15, 0.2) is 24.3 Å². The second kappa shape index (κ2) is 18.1. The Morgan fingerprint density at radius 2 is 1.72 bits per heavy atom. The number of likely N-dealkylation sites (tertiary alicyclic amines) is 1. The quantitative estimate of drug-likeness (QED) is 0.191. The molecule has 0 aliphatic carbocycles. The van der Waals surface area contributed by atoms with Gasteiger partial charge in [0.15, 0.2) is 0 Å². The van der Waals surface area contributed by atoms with Crippen LogP contribution in [0, 0.1) is 5.92 Å². The lowest BCUT2D eigenvalue weighted by molar-refractivity contribution is -0.134. The zero-order valence-electron chi connectivity index (χ0n) is 27.1. The smallest absolute Gasteiger partial charge is 0.255 e. The van der Waals surface area contributed by atoms with Gasteiger partial charge < -0.3 is 42.0 Å². The van der Waals surface area contributed by atoms with E-state index in [0.717, 1.165) is 32.5 Å². The van der Waals surface area contributed by atoms with Gasteiger partial charge in [0.1, 0.15) is 30.5 Å². The normalized spacial score (nSPS) is 23.7. The lowest BCUT2D eigenvalue weighted by atomic mass is 10.0. The summed E-state index contributed by atoms with van der Waals surface area (Å²) >= 11 is 0. The summed E-state index contributed by atoms with van der Waals surface area (Å²) in [6.45, 7) is 8.72. The Kier molecular flexibility index (Phi) is 14.2. The third-order valence-corrected chi connectivity index (χ3v) is 8.00. The summed E-state index contributed by atoms with van der Waals surface area (Å²) in [6, 6.07) is 2.49. The summed E-state index contributed by atoms with van der Waals surface area (Å²) in [5, 5.41) is 13.5. The maximum absolute atomic E-state index is 13.4. The highest BCUT2D eigenvalue weighted by molar-refractivity contribution is 6.01. The second-order valence-electron chi connectivity index (χ2n) is 12.3. The van der Waals surface area contributed by atoms with Crippen molar-refractivity contribution in [2.24, 2.45) is 11.7 Å². The number of primary amides is 1. The van der Waals surface area contributed by atoms with Crippen LogP contribution in [0.25, 0.3) is 0 Å². The Hall–Kier alpha value is -4.20. The number of rotatable bonds is 10. The molecule has 2 heterocycles. The third kappa shape index (κ3) is 11.6. The van der Waals surface area contributed by atoms with E-state index in [1.54, 1.807) is 39.0 Å². The molecule has 4 atom stereocenters. The van der Waals surface area contributed by atoms with E-state index in [0.29, 0.717) is 6.54 Å². The van der Waals surface area contributed by atoms with Gasteiger partial charge in [-0.25, -0.2) is 0 Å². The van der Waals surface area contributed by atoms with Crippen molar-refractivity contribution in [1.29, 1.82) is 0 Å². The van der Waals surface area contributed by atoms with Crippen LogP contribution in [0.5, 0.6) is 5.75 Å². The third-order valence-electron chi connectivity index (χ3n) is 8.00. The summed E-state index contributed by atoms with van der Waals surface area (Å²) in [5.41, 5.74) is 5.46. The maximum Gasteiger partial charge on any atom is 0.255 e. The number of carbonyl (C=O) groups excluding carboxylic acids is 6. The van der Waals surface area contributed by atoms with Crippen LogP contribution < -0.4 is 37.1 Å². The average Bonchev–Trinajstić information content (AvgIpc) is 3.53. The van der Waals surface area contributed by atoms with Crippen molar-refractivity contribution in [3.63, 3.8) is 0 Å². The van der Waals surface area contributed by atoms with E-state index in [1.165, 1.54) is 18.9 Å². The Bertz CT molecular complexity index is 1230. The average molecular weight is 644 g/mol. The minimum absolute atomic E-state index is 0.0113. The predicted octanol–water partition coefficient (Wildman–Crippen LogP) is -0.0445. The largest absolute Gasteiger partial charge is 0.491 e. The van der Waals surface area contributed by atoms with Crippen molar-refractivity contribution >= 4 is 35.4 Å². The number of para-hydroxylation sites is 1. The lowest BCUT2D eigenvalue weighted by Gasteiger charge is -2.26. The molecule has 1 aromatic rings. The van der Waals surface area contributed by atoms with Gasteiger partial charge in [-0.3, -0.25) is 28.8 Å². The molecule has 0 bridgehead atoms. The first-order valence-electron chi connectivity index (χ1n) is 16.2. The van der Waals surface area contributed by atoms with Crippen molar-refractivity contribution < 1.29 is 33.5 Å². The molecule has 14 nitrogen and oxygen atoms in total. The van der Waals surface area contributed by atoms with Crippen LogP contribution in [0.4, 0.5) is 0 Å². The Labute approximate surface area is 270 Å². The summed E-state index contributed by atoms with van der Waals surface area (Å²) < 4.78 is 5.89. The van der Waals surface area contributed by atoms with E-state index < -0.39 is 66.0 Å². The SMILES string of the molecule is CC(C)[C@H]1NC(=O)[C@H](CCC(N)=O)NC(=O)C[C@@H](C(=O)NCCCCN2CCCC2)NC(=O)c2ccccc2OC[C@H](C)NC1=O. The molecule has 0 aromatic heterocycles. The van der Waals surface area contributed by atoms with Crippen molar-refractivity contribution in [2.75, 3.05) is 32.8 Å². The fourth-order valence-corrected chi connectivity index (χ4v) is 5.40. The molecule has 3 rings (SSSR count). The van der Waals surface area contributed by atoms with Crippen molar-refractivity contribution in [1.82, 2.24) is 31.5 Å². The number of fused-ring (bicyclic) bond motifs is 1. The van der Waals surface area contributed by atoms with Gasteiger partial charge in [0.2, 0.25) is 29.5 Å². The number of unbranched alkanes of at least 4 members (excludes halogenated alkanes) is 1. The van der Waals surface area contributed by atoms with Crippen molar-refractivity contribution in [2.45, 2.75) is 89.9 Å². The molecule has 254 valence electrons. The molecule has 2 aliphatic rings. The summed E-state index contributed by atoms with van der Waals surface area (Å²) in [7, 11) is 0. The van der Waals surface area contributed by atoms with Crippen molar-refractivity contribution in [3.8, 4) is 5.75 Å². The Balaban J connectivity index is 1.84. The van der Waals surface area contributed by atoms with Gasteiger partial charge in [-0.15, -0.1) is 0 Å². The van der Waals surface area contributed by atoms with Gasteiger partial charge in [-0.1, -0.05) is 26.0 Å². The Morgan fingerprint density at radius 1 is 1.00 bits per heavy atom. The molecule has 1 saturated heterocycles. The number of nitrogens with zero attached hydrogens (tertiary/aromatic N) is 1. The maximum atomic E-state index is 13.4. The molecule has 6 amide bonds. The van der Waals surface area contributed by atoms with Crippen LogP contribution >= 0.6 is 0 Å². The monoisotopic (exact) mass is 643 g/mol. The molecule has 1 aromatic carbocycles.